The molecule has 0 spiro atoms. The van der Waals surface area contributed by atoms with Crippen molar-refractivity contribution in [2.45, 2.75) is 0 Å². The van der Waals surface area contributed by atoms with Gasteiger partial charge >= 0.3 is 0 Å². The first-order valence-corrected chi connectivity index (χ1v) is 6.96. The zero-order valence-corrected chi connectivity index (χ0v) is 12.6. The number of anilines is 2. The van der Waals surface area contributed by atoms with E-state index in [0.717, 1.165) is 4.47 Å². The first-order chi connectivity index (χ1) is 9.56. The van der Waals surface area contributed by atoms with Gasteiger partial charge in [-0.2, -0.15) is 0 Å². The monoisotopic (exact) mass is 356 g/mol. The Bertz CT molecular complexity index is 636. The minimum absolute atomic E-state index is 0.00428. The number of para-hydroxylation sites is 1. The first kappa shape index (κ1) is 14.8. The summed E-state index contributed by atoms with van der Waals surface area (Å²) in [6, 6.07) is 11.3. The molecule has 0 aliphatic heterocycles. The molecule has 0 saturated heterocycles. The van der Waals surface area contributed by atoms with E-state index in [-0.39, 0.29) is 18.1 Å². The predicted molar refractivity (Wildman–Crippen MR) is 82.7 cm³/mol. The summed E-state index contributed by atoms with van der Waals surface area (Å²) in [4.78, 5) is 11.7. The largest absolute Gasteiger partial charge is 0.375 e. The molecular formula is C14H11BrClFN2O. The molecule has 104 valence electrons. The molecule has 2 aromatic rings. The summed E-state index contributed by atoms with van der Waals surface area (Å²) in [6.07, 6.45) is 0. The van der Waals surface area contributed by atoms with E-state index in [2.05, 4.69) is 26.6 Å². The van der Waals surface area contributed by atoms with Crippen molar-refractivity contribution in [3.05, 3.63) is 57.8 Å². The molecule has 0 saturated carbocycles. The molecule has 0 heterocycles. The highest BCUT2D eigenvalue weighted by atomic mass is 79.9. The van der Waals surface area contributed by atoms with Gasteiger partial charge in [-0.3, -0.25) is 4.79 Å². The quantitative estimate of drug-likeness (QED) is 0.857. The maximum Gasteiger partial charge on any atom is 0.243 e. The van der Waals surface area contributed by atoms with Gasteiger partial charge in [0, 0.05) is 4.47 Å². The molecule has 0 bridgehead atoms. The molecule has 3 nitrogen and oxygen atoms in total. The van der Waals surface area contributed by atoms with E-state index in [0.29, 0.717) is 10.7 Å². The normalized spacial score (nSPS) is 10.2. The van der Waals surface area contributed by atoms with Crippen molar-refractivity contribution in [1.29, 1.82) is 0 Å². The zero-order valence-electron chi connectivity index (χ0n) is 10.3. The van der Waals surface area contributed by atoms with Gasteiger partial charge in [-0.15, -0.1) is 0 Å². The van der Waals surface area contributed by atoms with Gasteiger partial charge in [0.1, 0.15) is 5.82 Å². The molecule has 0 atom stereocenters. The van der Waals surface area contributed by atoms with Crippen LogP contribution < -0.4 is 10.6 Å². The summed E-state index contributed by atoms with van der Waals surface area (Å²) < 4.78 is 14.2. The Morgan fingerprint density at radius 2 is 1.95 bits per heavy atom. The Hall–Kier alpha value is -1.59. The topological polar surface area (TPSA) is 41.1 Å². The average Bonchev–Trinajstić information content (AvgIpc) is 2.40. The number of benzene rings is 2. The SMILES string of the molecule is O=C(CNc1ccc(Br)cc1Cl)Nc1ccccc1F. The van der Waals surface area contributed by atoms with Crippen molar-refractivity contribution in [3.63, 3.8) is 0 Å². The third kappa shape index (κ3) is 3.95. The second-order valence-electron chi connectivity index (χ2n) is 4.01. The number of carbonyl (C=O) groups is 1. The van der Waals surface area contributed by atoms with Crippen LogP contribution in [0.2, 0.25) is 5.02 Å². The number of halogens is 3. The van der Waals surface area contributed by atoms with Crippen LogP contribution in [0.5, 0.6) is 0 Å². The Kier molecular flexibility index (Phi) is 4.98. The van der Waals surface area contributed by atoms with E-state index in [1.54, 1.807) is 24.3 Å². The van der Waals surface area contributed by atoms with Crippen LogP contribution >= 0.6 is 27.5 Å². The third-order valence-corrected chi connectivity index (χ3v) is 3.32. The van der Waals surface area contributed by atoms with Gasteiger partial charge in [-0.1, -0.05) is 39.7 Å². The van der Waals surface area contributed by atoms with E-state index in [9.17, 15) is 9.18 Å². The number of hydrogen-bond donors (Lipinski definition) is 2. The standard InChI is InChI=1S/C14H11BrClFN2O/c15-9-5-6-12(10(16)7-9)18-8-14(20)19-13-4-2-1-3-11(13)17/h1-7,18H,8H2,(H,19,20). The first-order valence-electron chi connectivity index (χ1n) is 5.79. The maximum atomic E-state index is 13.4. The number of nitrogens with one attached hydrogen (secondary N) is 2. The van der Waals surface area contributed by atoms with Crippen molar-refractivity contribution >= 4 is 44.8 Å². The van der Waals surface area contributed by atoms with Crippen LogP contribution in [0, 0.1) is 5.82 Å². The van der Waals surface area contributed by atoms with Gasteiger partial charge in [0.2, 0.25) is 5.91 Å². The molecule has 0 unspecified atom stereocenters. The summed E-state index contributed by atoms with van der Waals surface area (Å²) in [5, 5.41) is 5.87. The highest BCUT2D eigenvalue weighted by molar-refractivity contribution is 9.10. The van der Waals surface area contributed by atoms with E-state index in [1.165, 1.54) is 12.1 Å². The molecule has 2 N–H and O–H groups in total. The maximum absolute atomic E-state index is 13.4. The van der Waals surface area contributed by atoms with E-state index in [4.69, 9.17) is 11.6 Å². The summed E-state index contributed by atoms with van der Waals surface area (Å²) in [5.74, 6) is -0.823. The summed E-state index contributed by atoms with van der Waals surface area (Å²) in [7, 11) is 0. The molecule has 0 fully saturated rings. The van der Waals surface area contributed by atoms with Gasteiger partial charge in [0.25, 0.3) is 0 Å². The van der Waals surface area contributed by atoms with Crippen molar-refractivity contribution in [2.75, 3.05) is 17.2 Å². The molecule has 0 radical (unpaired) electrons. The summed E-state index contributed by atoms with van der Waals surface area (Å²) in [6.45, 7) is -0.00428. The third-order valence-electron chi connectivity index (χ3n) is 2.52. The number of rotatable bonds is 4. The fourth-order valence-electron chi connectivity index (χ4n) is 1.57. The zero-order chi connectivity index (χ0) is 14.5. The van der Waals surface area contributed by atoms with Crippen LogP contribution in [-0.4, -0.2) is 12.5 Å². The van der Waals surface area contributed by atoms with Gasteiger partial charge in [-0.05, 0) is 30.3 Å². The minimum Gasteiger partial charge on any atom is -0.375 e. The highest BCUT2D eigenvalue weighted by Crippen LogP contribution is 2.25. The number of hydrogen-bond acceptors (Lipinski definition) is 2. The second-order valence-corrected chi connectivity index (χ2v) is 5.33. The minimum atomic E-state index is -0.470. The van der Waals surface area contributed by atoms with Gasteiger partial charge in [0.05, 0.1) is 22.9 Å². The van der Waals surface area contributed by atoms with Crippen LogP contribution in [0.1, 0.15) is 0 Å². The van der Waals surface area contributed by atoms with Crippen LogP contribution in [0.3, 0.4) is 0 Å². The van der Waals surface area contributed by atoms with Crippen LogP contribution in [-0.2, 0) is 4.79 Å². The molecule has 1 amide bonds. The van der Waals surface area contributed by atoms with Crippen molar-refractivity contribution in [3.8, 4) is 0 Å². The summed E-state index contributed by atoms with van der Waals surface area (Å²) >= 11 is 9.31. The highest BCUT2D eigenvalue weighted by Gasteiger charge is 2.07. The molecule has 0 aliphatic rings. The average molecular weight is 358 g/mol. The lowest BCUT2D eigenvalue weighted by Crippen LogP contribution is -2.22. The molecule has 2 aromatic carbocycles. The van der Waals surface area contributed by atoms with Crippen molar-refractivity contribution in [2.24, 2.45) is 0 Å². The Morgan fingerprint density at radius 3 is 2.65 bits per heavy atom. The lowest BCUT2D eigenvalue weighted by molar-refractivity contribution is -0.114. The van der Waals surface area contributed by atoms with Crippen molar-refractivity contribution in [1.82, 2.24) is 0 Å². The van der Waals surface area contributed by atoms with E-state index >= 15 is 0 Å². The predicted octanol–water partition coefficient (Wildman–Crippen LogP) is 4.29. The molecule has 20 heavy (non-hydrogen) atoms. The van der Waals surface area contributed by atoms with E-state index < -0.39 is 5.82 Å². The Morgan fingerprint density at radius 1 is 1.20 bits per heavy atom. The van der Waals surface area contributed by atoms with Crippen LogP contribution in [0.15, 0.2) is 46.9 Å². The lowest BCUT2D eigenvalue weighted by atomic mass is 10.3. The van der Waals surface area contributed by atoms with Crippen molar-refractivity contribution < 1.29 is 9.18 Å². The second kappa shape index (κ2) is 6.72. The molecule has 0 aliphatic carbocycles. The number of amides is 1. The Labute approximate surface area is 129 Å². The van der Waals surface area contributed by atoms with E-state index in [1.807, 2.05) is 6.07 Å². The molecule has 2 rings (SSSR count). The molecule has 0 aromatic heterocycles. The fourth-order valence-corrected chi connectivity index (χ4v) is 2.31. The smallest absolute Gasteiger partial charge is 0.243 e. The summed E-state index contributed by atoms with van der Waals surface area (Å²) in [5.41, 5.74) is 0.791. The van der Waals surface area contributed by atoms with Gasteiger partial charge < -0.3 is 10.6 Å². The molecule has 6 heteroatoms. The Balaban J connectivity index is 1.94. The van der Waals surface area contributed by atoms with Crippen LogP contribution in [0.4, 0.5) is 15.8 Å². The number of carbonyl (C=O) groups excluding carboxylic acids is 1. The lowest BCUT2D eigenvalue weighted by Gasteiger charge is -2.09. The van der Waals surface area contributed by atoms with Crippen LogP contribution in [0.25, 0.3) is 0 Å². The van der Waals surface area contributed by atoms with Gasteiger partial charge in [0.15, 0.2) is 0 Å². The fraction of sp³-hybridized carbons (Fsp3) is 0.0714. The molecular weight excluding hydrogens is 347 g/mol. The van der Waals surface area contributed by atoms with Gasteiger partial charge in [-0.25, -0.2) is 4.39 Å².